The van der Waals surface area contributed by atoms with Gasteiger partial charge in [0, 0.05) is 12.5 Å². The van der Waals surface area contributed by atoms with Crippen LogP contribution < -0.4 is 19.9 Å². The highest BCUT2D eigenvalue weighted by Crippen LogP contribution is 2.37. The average Bonchev–Trinajstić information content (AvgIpc) is 2.94. The van der Waals surface area contributed by atoms with E-state index in [0.717, 1.165) is 12.8 Å². The van der Waals surface area contributed by atoms with E-state index in [1.807, 2.05) is 12.1 Å². The van der Waals surface area contributed by atoms with Gasteiger partial charge in [-0.15, -0.1) is 0 Å². The molecule has 6 nitrogen and oxygen atoms in total. The van der Waals surface area contributed by atoms with Gasteiger partial charge in [0.05, 0.1) is 7.11 Å². The molecule has 2 N–H and O–H groups in total. The maximum Gasteiger partial charge on any atom is 0.325 e. The normalized spacial score (nSPS) is 27.2. The minimum Gasteiger partial charge on any atom is -0.490 e. The number of methoxy groups -OCH3 is 1. The Labute approximate surface area is 123 Å². The maximum atomic E-state index is 11.8. The molecule has 0 amide bonds. The highest BCUT2D eigenvalue weighted by atomic mass is 16.7. The van der Waals surface area contributed by atoms with E-state index in [0.29, 0.717) is 30.1 Å². The first-order valence-corrected chi connectivity index (χ1v) is 7.04. The first-order chi connectivity index (χ1) is 10.1. The van der Waals surface area contributed by atoms with Crippen LogP contribution in [-0.4, -0.2) is 31.5 Å². The molecular formula is C15H19NO5. The third-order valence-electron chi connectivity index (χ3n) is 3.98. The van der Waals surface area contributed by atoms with Crippen molar-refractivity contribution in [2.24, 2.45) is 5.73 Å². The summed E-state index contributed by atoms with van der Waals surface area (Å²) in [4.78, 5) is 11.8. The van der Waals surface area contributed by atoms with Gasteiger partial charge in [-0.3, -0.25) is 4.79 Å². The van der Waals surface area contributed by atoms with Gasteiger partial charge in [-0.1, -0.05) is 0 Å². The second kappa shape index (κ2) is 5.44. The lowest BCUT2D eigenvalue weighted by molar-refractivity contribution is -0.149. The second-order valence-corrected chi connectivity index (χ2v) is 5.50. The highest BCUT2D eigenvalue weighted by molar-refractivity contribution is 5.80. The Morgan fingerprint density at radius 2 is 2.19 bits per heavy atom. The van der Waals surface area contributed by atoms with E-state index in [4.69, 9.17) is 24.7 Å². The van der Waals surface area contributed by atoms with Crippen LogP contribution in [0.2, 0.25) is 0 Å². The van der Waals surface area contributed by atoms with Crippen LogP contribution in [0, 0.1) is 0 Å². The summed E-state index contributed by atoms with van der Waals surface area (Å²) in [5.74, 6) is 1.71. The van der Waals surface area contributed by atoms with Crippen molar-refractivity contribution >= 4 is 5.97 Å². The van der Waals surface area contributed by atoms with Crippen LogP contribution >= 0.6 is 0 Å². The molecule has 1 aromatic rings. The van der Waals surface area contributed by atoms with Crippen LogP contribution in [0.1, 0.15) is 25.7 Å². The van der Waals surface area contributed by atoms with E-state index < -0.39 is 5.54 Å². The Morgan fingerprint density at radius 3 is 3.00 bits per heavy atom. The number of esters is 1. The van der Waals surface area contributed by atoms with E-state index in [1.54, 1.807) is 6.07 Å². The molecule has 114 valence electrons. The van der Waals surface area contributed by atoms with E-state index in [9.17, 15) is 4.79 Å². The number of carbonyl (C=O) groups excluding carboxylic acids is 1. The lowest BCUT2D eigenvalue weighted by Crippen LogP contribution is -2.53. The molecule has 0 spiro atoms. The fourth-order valence-electron chi connectivity index (χ4n) is 2.89. The smallest absolute Gasteiger partial charge is 0.325 e. The summed E-state index contributed by atoms with van der Waals surface area (Å²) in [6.07, 6.45) is 2.67. The zero-order chi connectivity index (χ0) is 14.9. The number of ether oxygens (including phenoxy) is 4. The Morgan fingerprint density at radius 1 is 1.38 bits per heavy atom. The topological polar surface area (TPSA) is 80.0 Å². The van der Waals surface area contributed by atoms with Gasteiger partial charge in [0.2, 0.25) is 6.79 Å². The van der Waals surface area contributed by atoms with Gasteiger partial charge in [0.25, 0.3) is 0 Å². The summed E-state index contributed by atoms with van der Waals surface area (Å²) in [5.41, 5.74) is 5.20. The van der Waals surface area contributed by atoms with Crippen molar-refractivity contribution < 1.29 is 23.7 Å². The molecule has 1 saturated carbocycles. The number of hydrogen-bond donors (Lipinski definition) is 1. The van der Waals surface area contributed by atoms with Crippen molar-refractivity contribution in [2.45, 2.75) is 37.3 Å². The van der Waals surface area contributed by atoms with Gasteiger partial charge in [-0.05, 0) is 31.4 Å². The van der Waals surface area contributed by atoms with Crippen LogP contribution in [0.15, 0.2) is 18.2 Å². The number of hydrogen-bond acceptors (Lipinski definition) is 6. The van der Waals surface area contributed by atoms with E-state index in [1.165, 1.54) is 7.11 Å². The molecule has 21 heavy (non-hydrogen) atoms. The third kappa shape index (κ3) is 2.76. The zero-order valence-corrected chi connectivity index (χ0v) is 12.0. The Bertz CT molecular complexity index is 547. The standard InChI is InChI=1S/C15H19NO5/c1-18-14(17)15(16)6-2-3-11(8-15)21-10-4-5-12-13(7-10)20-9-19-12/h4-5,7,11H,2-3,6,8-9,16H2,1H3. The average molecular weight is 293 g/mol. The molecule has 1 aliphatic carbocycles. The number of benzene rings is 1. The molecular weight excluding hydrogens is 274 g/mol. The third-order valence-corrected chi connectivity index (χ3v) is 3.98. The highest BCUT2D eigenvalue weighted by Gasteiger charge is 2.41. The molecule has 0 saturated heterocycles. The largest absolute Gasteiger partial charge is 0.490 e. The Balaban J connectivity index is 1.69. The van der Waals surface area contributed by atoms with Crippen LogP contribution in [0.3, 0.4) is 0 Å². The minimum absolute atomic E-state index is 0.108. The molecule has 1 aromatic carbocycles. The molecule has 0 bridgehead atoms. The molecule has 1 aliphatic heterocycles. The monoisotopic (exact) mass is 293 g/mol. The van der Waals surface area contributed by atoms with Crippen LogP contribution in [0.4, 0.5) is 0 Å². The molecule has 0 aromatic heterocycles. The van der Waals surface area contributed by atoms with Gasteiger partial charge in [0.15, 0.2) is 11.5 Å². The summed E-state index contributed by atoms with van der Waals surface area (Å²) in [6.45, 7) is 0.233. The van der Waals surface area contributed by atoms with E-state index >= 15 is 0 Å². The predicted octanol–water partition coefficient (Wildman–Crippen LogP) is 1.61. The molecule has 0 radical (unpaired) electrons. The van der Waals surface area contributed by atoms with E-state index in [2.05, 4.69) is 0 Å². The summed E-state index contributed by atoms with van der Waals surface area (Å²) < 4.78 is 21.3. The van der Waals surface area contributed by atoms with Crippen molar-refractivity contribution in [3.05, 3.63) is 18.2 Å². The quantitative estimate of drug-likeness (QED) is 0.853. The zero-order valence-electron chi connectivity index (χ0n) is 12.0. The number of fused-ring (bicyclic) bond motifs is 1. The lowest BCUT2D eigenvalue weighted by Gasteiger charge is -2.35. The Kier molecular flexibility index (Phi) is 3.63. The SMILES string of the molecule is COC(=O)C1(N)CCCC(Oc2ccc3c(c2)OCO3)C1. The molecule has 2 atom stereocenters. The molecule has 2 unspecified atom stereocenters. The number of carbonyl (C=O) groups is 1. The van der Waals surface area contributed by atoms with Gasteiger partial charge < -0.3 is 24.7 Å². The fourth-order valence-corrected chi connectivity index (χ4v) is 2.89. The van der Waals surface area contributed by atoms with Crippen LogP contribution in [0.5, 0.6) is 17.2 Å². The van der Waals surface area contributed by atoms with Crippen molar-refractivity contribution in [3.63, 3.8) is 0 Å². The van der Waals surface area contributed by atoms with Crippen molar-refractivity contribution in [3.8, 4) is 17.2 Å². The number of rotatable bonds is 3. The van der Waals surface area contributed by atoms with Crippen molar-refractivity contribution in [1.29, 1.82) is 0 Å². The summed E-state index contributed by atoms with van der Waals surface area (Å²) in [7, 11) is 1.36. The second-order valence-electron chi connectivity index (χ2n) is 5.50. The van der Waals surface area contributed by atoms with Crippen molar-refractivity contribution in [2.75, 3.05) is 13.9 Å². The summed E-state index contributed by atoms with van der Waals surface area (Å²) in [6, 6.07) is 5.45. The minimum atomic E-state index is -0.950. The molecule has 6 heteroatoms. The van der Waals surface area contributed by atoms with Crippen molar-refractivity contribution in [1.82, 2.24) is 0 Å². The van der Waals surface area contributed by atoms with E-state index in [-0.39, 0.29) is 18.9 Å². The molecule has 1 heterocycles. The number of nitrogens with two attached hydrogens (primary N) is 1. The first-order valence-electron chi connectivity index (χ1n) is 7.04. The summed E-state index contributed by atoms with van der Waals surface area (Å²) >= 11 is 0. The van der Waals surface area contributed by atoms with Crippen LogP contribution in [-0.2, 0) is 9.53 Å². The Hall–Kier alpha value is -1.95. The summed E-state index contributed by atoms with van der Waals surface area (Å²) in [5, 5.41) is 0. The van der Waals surface area contributed by atoms with Gasteiger partial charge in [-0.25, -0.2) is 0 Å². The van der Waals surface area contributed by atoms with Gasteiger partial charge in [0.1, 0.15) is 17.4 Å². The lowest BCUT2D eigenvalue weighted by atomic mass is 9.81. The fraction of sp³-hybridized carbons (Fsp3) is 0.533. The first kappa shape index (κ1) is 14.0. The van der Waals surface area contributed by atoms with Crippen LogP contribution in [0.25, 0.3) is 0 Å². The van der Waals surface area contributed by atoms with Gasteiger partial charge in [-0.2, -0.15) is 0 Å². The molecule has 3 rings (SSSR count). The van der Waals surface area contributed by atoms with Gasteiger partial charge >= 0.3 is 5.97 Å². The maximum absolute atomic E-state index is 11.8. The molecule has 1 fully saturated rings. The predicted molar refractivity (Wildman–Crippen MR) is 74.4 cm³/mol. The molecule has 2 aliphatic rings.